The Labute approximate surface area is 246 Å². The van der Waals surface area contributed by atoms with Crippen molar-refractivity contribution in [1.29, 1.82) is 0 Å². The molecule has 0 saturated heterocycles. The van der Waals surface area contributed by atoms with Gasteiger partial charge < -0.3 is 4.42 Å². The van der Waals surface area contributed by atoms with Gasteiger partial charge in [0.15, 0.2) is 17.5 Å². The molecule has 0 bridgehead atoms. The van der Waals surface area contributed by atoms with Gasteiger partial charge >= 0.3 is 0 Å². The maximum absolute atomic E-state index is 6.20. The molecule has 0 atom stereocenters. The number of aromatic nitrogens is 3. The van der Waals surface area contributed by atoms with Crippen molar-refractivity contribution in [3.63, 3.8) is 0 Å². The van der Waals surface area contributed by atoms with Crippen LogP contribution in [-0.4, -0.2) is 15.0 Å². The van der Waals surface area contributed by atoms with Crippen molar-refractivity contribution in [2.45, 2.75) is 0 Å². The van der Waals surface area contributed by atoms with Crippen molar-refractivity contribution in [3.05, 3.63) is 138 Å². The largest absolute Gasteiger partial charge is 0.456 e. The molecule has 0 N–H and O–H groups in total. The number of halogens is 1. The topological polar surface area (TPSA) is 51.8 Å². The summed E-state index contributed by atoms with van der Waals surface area (Å²) in [6.45, 7) is 0. The van der Waals surface area contributed by atoms with E-state index in [-0.39, 0.29) is 0 Å². The summed E-state index contributed by atoms with van der Waals surface area (Å²) in [5.41, 5.74) is 6.75. The van der Waals surface area contributed by atoms with E-state index in [1.165, 1.54) is 0 Å². The molecule has 42 heavy (non-hydrogen) atoms. The zero-order chi connectivity index (χ0) is 28.0. The van der Waals surface area contributed by atoms with Gasteiger partial charge in [-0.2, -0.15) is 0 Å². The summed E-state index contributed by atoms with van der Waals surface area (Å²) >= 11 is 6.19. The molecule has 5 heteroatoms. The van der Waals surface area contributed by atoms with Crippen molar-refractivity contribution >= 4 is 44.3 Å². The maximum atomic E-state index is 6.20. The summed E-state index contributed by atoms with van der Waals surface area (Å²) < 4.78 is 6.20. The first-order valence-corrected chi connectivity index (χ1v) is 14.1. The van der Waals surface area contributed by atoms with Crippen molar-refractivity contribution < 1.29 is 4.42 Å². The molecule has 0 aliphatic rings. The van der Waals surface area contributed by atoms with E-state index in [1.54, 1.807) is 0 Å². The Morgan fingerprint density at radius 1 is 0.405 bits per heavy atom. The highest BCUT2D eigenvalue weighted by Gasteiger charge is 2.17. The lowest BCUT2D eigenvalue weighted by Crippen LogP contribution is -2.00. The van der Waals surface area contributed by atoms with E-state index < -0.39 is 0 Å². The predicted octanol–water partition coefficient (Wildman–Crippen LogP) is 10.2. The van der Waals surface area contributed by atoms with E-state index in [9.17, 15) is 0 Å². The van der Waals surface area contributed by atoms with E-state index in [0.29, 0.717) is 22.5 Å². The molecule has 198 valence electrons. The summed E-state index contributed by atoms with van der Waals surface area (Å²) in [4.78, 5) is 14.8. The summed E-state index contributed by atoms with van der Waals surface area (Å²) in [7, 11) is 0. The Kier molecular flexibility index (Phi) is 5.80. The molecular formula is C37H22ClN3O. The fourth-order valence-electron chi connectivity index (χ4n) is 5.68. The van der Waals surface area contributed by atoms with Gasteiger partial charge in [0.2, 0.25) is 0 Å². The second-order valence-electron chi connectivity index (χ2n) is 10.2. The quantitative estimate of drug-likeness (QED) is 0.215. The summed E-state index contributed by atoms with van der Waals surface area (Å²) in [6.07, 6.45) is 0. The van der Waals surface area contributed by atoms with E-state index in [0.717, 1.165) is 60.5 Å². The number of rotatable bonds is 4. The smallest absolute Gasteiger partial charge is 0.164 e. The summed E-state index contributed by atoms with van der Waals surface area (Å²) in [6, 6.07) is 44.8. The Bertz CT molecular complexity index is 2260. The monoisotopic (exact) mass is 559 g/mol. The molecule has 0 spiro atoms. The third kappa shape index (κ3) is 4.12. The molecular weight excluding hydrogens is 538 g/mol. The molecule has 8 aromatic rings. The highest BCUT2D eigenvalue weighted by Crippen LogP contribution is 2.40. The molecule has 8 rings (SSSR count). The fraction of sp³-hybridized carbons (Fsp3) is 0. The standard InChI is InChI=1S/C37H22ClN3O/c38-25-21-19-24(20-22-25)36-39-35(23-9-2-1-3-10-23)40-37(41-36)30-16-7-12-26-27(13-6-14-28(26)30)29-15-8-18-33-34(29)31-11-4-5-17-32(31)42-33/h1-22H. The molecule has 0 amide bonds. The van der Waals surface area contributed by atoms with Crippen LogP contribution in [0, 0.1) is 0 Å². The lowest BCUT2D eigenvalue weighted by atomic mass is 9.93. The first-order chi connectivity index (χ1) is 20.7. The molecule has 0 radical (unpaired) electrons. The van der Waals surface area contributed by atoms with Crippen molar-refractivity contribution in [3.8, 4) is 45.3 Å². The molecule has 0 saturated carbocycles. The first kappa shape index (κ1) is 24.5. The Morgan fingerprint density at radius 3 is 1.74 bits per heavy atom. The van der Waals surface area contributed by atoms with E-state index in [4.69, 9.17) is 31.0 Å². The van der Waals surface area contributed by atoms with Crippen LogP contribution in [0.4, 0.5) is 0 Å². The van der Waals surface area contributed by atoms with Crippen molar-refractivity contribution in [1.82, 2.24) is 15.0 Å². The molecule has 0 unspecified atom stereocenters. The third-order valence-corrected chi connectivity index (χ3v) is 7.88. The zero-order valence-electron chi connectivity index (χ0n) is 22.3. The van der Waals surface area contributed by atoms with Crippen LogP contribution in [0.5, 0.6) is 0 Å². The number of hydrogen-bond acceptors (Lipinski definition) is 4. The van der Waals surface area contributed by atoms with Crippen LogP contribution < -0.4 is 0 Å². The van der Waals surface area contributed by atoms with Crippen LogP contribution in [0.1, 0.15) is 0 Å². The van der Waals surface area contributed by atoms with Crippen molar-refractivity contribution in [2.75, 3.05) is 0 Å². The average molecular weight is 560 g/mol. The van der Waals surface area contributed by atoms with Crippen LogP contribution >= 0.6 is 11.6 Å². The minimum atomic E-state index is 0.596. The van der Waals surface area contributed by atoms with Gasteiger partial charge in [-0.3, -0.25) is 0 Å². The van der Waals surface area contributed by atoms with Gasteiger partial charge in [0.25, 0.3) is 0 Å². The lowest BCUT2D eigenvalue weighted by Gasteiger charge is -2.13. The minimum absolute atomic E-state index is 0.596. The molecule has 2 heterocycles. The number of hydrogen-bond donors (Lipinski definition) is 0. The SMILES string of the molecule is Clc1ccc(-c2nc(-c3ccccc3)nc(-c3cccc4c(-c5cccc6oc7ccccc7c56)cccc34)n2)cc1. The number of furan rings is 1. The number of fused-ring (bicyclic) bond motifs is 4. The molecule has 0 aliphatic carbocycles. The Balaban J connectivity index is 1.37. The highest BCUT2D eigenvalue weighted by molar-refractivity contribution is 6.30. The normalized spacial score (nSPS) is 11.5. The summed E-state index contributed by atoms with van der Waals surface area (Å²) in [5.74, 6) is 1.83. The first-order valence-electron chi connectivity index (χ1n) is 13.7. The van der Waals surface area contributed by atoms with Crippen LogP contribution in [-0.2, 0) is 0 Å². The third-order valence-electron chi connectivity index (χ3n) is 7.63. The minimum Gasteiger partial charge on any atom is -0.456 e. The van der Waals surface area contributed by atoms with E-state index in [2.05, 4.69) is 60.7 Å². The molecule has 0 aliphatic heterocycles. The van der Waals surface area contributed by atoms with Crippen molar-refractivity contribution in [2.24, 2.45) is 0 Å². The lowest BCUT2D eigenvalue weighted by molar-refractivity contribution is 0.669. The van der Waals surface area contributed by atoms with Crippen LogP contribution in [0.2, 0.25) is 5.02 Å². The molecule has 2 aromatic heterocycles. The molecule has 4 nitrogen and oxygen atoms in total. The predicted molar refractivity (Wildman–Crippen MR) is 171 cm³/mol. The average Bonchev–Trinajstić information content (AvgIpc) is 3.44. The van der Waals surface area contributed by atoms with Gasteiger partial charge in [-0.15, -0.1) is 0 Å². The number of para-hydroxylation sites is 1. The number of benzene rings is 6. The molecule has 0 fully saturated rings. The maximum Gasteiger partial charge on any atom is 0.164 e. The fourth-order valence-corrected chi connectivity index (χ4v) is 5.81. The Hall–Kier alpha value is -5.32. The van der Waals surface area contributed by atoms with E-state index in [1.807, 2.05) is 72.8 Å². The van der Waals surface area contributed by atoms with Gasteiger partial charge in [-0.25, -0.2) is 15.0 Å². The van der Waals surface area contributed by atoms with Gasteiger partial charge in [-0.1, -0.05) is 109 Å². The van der Waals surface area contributed by atoms with Crippen LogP contribution in [0.25, 0.3) is 78.0 Å². The van der Waals surface area contributed by atoms with Crippen LogP contribution in [0.3, 0.4) is 0 Å². The van der Waals surface area contributed by atoms with Gasteiger partial charge in [-0.05, 0) is 58.3 Å². The Morgan fingerprint density at radius 2 is 0.952 bits per heavy atom. The van der Waals surface area contributed by atoms with Gasteiger partial charge in [0.05, 0.1) is 0 Å². The molecule has 6 aromatic carbocycles. The van der Waals surface area contributed by atoms with Gasteiger partial charge in [0.1, 0.15) is 11.2 Å². The second-order valence-corrected chi connectivity index (χ2v) is 10.6. The highest BCUT2D eigenvalue weighted by atomic mass is 35.5. The zero-order valence-corrected chi connectivity index (χ0v) is 23.1. The second kappa shape index (κ2) is 9.95. The van der Waals surface area contributed by atoms with E-state index >= 15 is 0 Å². The van der Waals surface area contributed by atoms with Gasteiger partial charge in [0, 0.05) is 32.5 Å². The number of nitrogens with zero attached hydrogens (tertiary/aromatic N) is 3. The van der Waals surface area contributed by atoms with Crippen LogP contribution in [0.15, 0.2) is 138 Å². The summed E-state index contributed by atoms with van der Waals surface area (Å²) in [5, 5.41) is 5.06.